The van der Waals surface area contributed by atoms with Crippen molar-refractivity contribution in [1.82, 2.24) is 10.2 Å². The van der Waals surface area contributed by atoms with Crippen LogP contribution >= 0.6 is 27.5 Å². The molecular formula is C11H16BrClN2. The van der Waals surface area contributed by atoms with E-state index in [1.165, 1.54) is 0 Å². The van der Waals surface area contributed by atoms with Gasteiger partial charge in [0.05, 0.1) is 0 Å². The standard InChI is InChI=1S/C11H16BrClN2/c1-14-5-6-15(2)8-9-7-10(12)3-4-11(9)13/h3-4,7,14H,5-6,8H2,1-2H3. The summed E-state index contributed by atoms with van der Waals surface area (Å²) in [5.74, 6) is 0. The highest BCUT2D eigenvalue weighted by Gasteiger charge is 2.04. The first kappa shape index (κ1) is 13.0. The minimum absolute atomic E-state index is 0.828. The van der Waals surface area contributed by atoms with Crippen LogP contribution in [0.1, 0.15) is 5.56 Å². The van der Waals surface area contributed by atoms with Gasteiger partial charge in [-0.25, -0.2) is 0 Å². The van der Waals surface area contributed by atoms with Crippen LogP contribution < -0.4 is 5.32 Å². The van der Waals surface area contributed by atoms with Crippen molar-refractivity contribution < 1.29 is 0 Å². The van der Waals surface area contributed by atoms with Gasteiger partial charge in [-0.3, -0.25) is 0 Å². The van der Waals surface area contributed by atoms with Gasteiger partial charge in [0.15, 0.2) is 0 Å². The van der Waals surface area contributed by atoms with Gasteiger partial charge in [0.25, 0.3) is 0 Å². The maximum Gasteiger partial charge on any atom is 0.0451 e. The van der Waals surface area contributed by atoms with Crippen molar-refractivity contribution in [3.8, 4) is 0 Å². The average molecular weight is 292 g/mol. The van der Waals surface area contributed by atoms with Crippen molar-refractivity contribution in [3.05, 3.63) is 33.3 Å². The average Bonchev–Trinajstić information content (AvgIpc) is 2.20. The highest BCUT2D eigenvalue weighted by Crippen LogP contribution is 2.21. The first-order valence-electron chi connectivity index (χ1n) is 4.90. The molecule has 0 atom stereocenters. The molecule has 0 amide bonds. The maximum atomic E-state index is 6.11. The Bertz CT molecular complexity index is 317. The van der Waals surface area contributed by atoms with Gasteiger partial charge >= 0.3 is 0 Å². The Balaban J connectivity index is 2.59. The third-order valence-corrected chi connectivity index (χ3v) is 3.05. The molecule has 0 aliphatic rings. The van der Waals surface area contributed by atoms with Crippen molar-refractivity contribution in [2.24, 2.45) is 0 Å². The zero-order valence-corrected chi connectivity index (χ0v) is 11.4. The predicted molar refractivity (Wildman–Crippen MR) is 69.4 cm³/mol. The molecule has 0 saturated heterocycles. The molecule has 4 heteroatoms. The van der Waals surface area contributed by atoms with Crippen molar-refractivity contribution in [1.29, 1.82) is 0 Å². The zero-order chi connectivity index (χ0) is 11.3. The van der Waals surface area contributed by atoms with Crippen LogP contribution in [0.2, 0.25) is 5.02 Å². The summed E-state index contributed by atoms with van der Waals surface area (Å²) in [5, 5.41) is 3.95. The molecule has 2 nitrogen and oxygen atoms in total. The van der Waals surface area contributed by atoms with Crippen LogP contribution in [0, 0.1) is 0 Å². The molecule has 1 aromatic rings. The number of nitrogens with one attached hydrogen (secondary N) is 1. The van der Waals surface area contributed by atoms with Gasteiger partial charge in [-0.05, 0) is 37.9 Å². The Morgan fingerprint density at radius 3 is 2.87 bits per heavy atom. The molecule has 0 aliphatic carbocycles. The molecule has 0 spiro atoms. The van der Waals surface area contributed by atoms with Crippen molar-refractivity contribution in [2.75, 3.05) is 27.2 Å². The number of nitrogens with zero attached hydrogens (tertiary/aromatic N) is 1. The lowest BCUT2D eigenvalue weighted by molar-refractivity contribution is 0.328. The zero-order valence-electron chi connectivity index (χ0n) is 9.06. The van der Waals surface area contributed by atoms with E-state index in [4.69, 9.17) is 11.6 Å². The second-order valence-electron chi connectivity index (χ2n) is 3.58. The van der Waals surface area contributed by atoms with Crippen LogP contribution in [-0.2, 0) is 6.54 Å². The molecular weight excluding hydrogens is 275 g/mol. The van der Waals surface area contributed by atoms with Gasteiger partial charge in [0.2, 0.25) is 0 Å². The third kappa shape index (κ3) is 4.51. The fourth-order valence-electron chi connectivity index (χ4n) is 1.34. The van der Waals surface area contributed by atoms with E-state index < -0.39 is 0 Å². The molecule has 84 valence electrons. The van der Waals surface area contributed by atoms with Gasteiger partial charge in [-0.2, -0.15) is 0 Å². The van der Waals surface area contributed by atoms with Crippen molar-refractivity contribution in [3.63, 3.8) is 0 Å². The van der Waals surface area contributed by atoms with Crippen LogP contribution in [0.25, 0.3) is 0 Å². The molecule has 15 heavy (non-hydrogen) atoms. The topological polar surface area (TPSA) is 15.3 Å². The van der Waals surface area contributed by atoms with Crippen LogP contribution in [0.3, 0.4) is 0 Å². The number of hydrogen-bond donors (Lipinski definition) is 1. The Labute approximate surface area is 105 Å². The molecule has 1 N–H and O–H groups in total. The summed E-state index contributed by atoms with van der Waals surface area (Å²) < 4.78 is 1.07. The second kappa shape index (κ2) is 6.48. The molecule has 0 bridgehead atoms. The highest BCUT2D eigenvalue weighted by molar-refractivity contribution is 9.10. The second-order valence-corrected chi connectivity index (χ2v) is 4.90. The molecule has 0 aromatic heterocycles. The Morgan fingerprint density at radius 1 is 1.47 bits per heavy atom. The van der Waals surface area contributed by atoms with E-state index in [0.29, 0.717) is 0 Å². The lowest BCUT2D eigenvalue weighted by atomic mass is 10.2. The molecule has 0 unspecified atom stereocenters. The Morgan fingerprint density at radius 2 is 2.20 bits per heavy atom. The molecule has 1 aromatic carbocycles. The third-order valence-electron chi connectivity index (χ3n) is 2.19. The van der Waals surface area contributed by atoms with E-state index in [9.17, 15) is 0 Å². The van der Waals surface area contributed by atoms with Gasteiger partial charge in [-0.15, -0.1) is 0 Å². The fraction of sp³-hybridized carbons (Fsp3) is 0.455. The molecule has 0 aliphatic heterocycles. The minimum atomic E-state index is 0.828. The monoisotopic (exact) mass is 290 g/mol. The number of halogens is 2. The summed E-state index contributed by atoms with van der Waals surface area (Å²) in [4.78, 5) is 2.24. The van der Waals surface area contributed by atoms with E-state index in [0.717, 1.165) is 34.7 Å². The van der Waals surface area contributed by atoms with Crippen LogP contribution in [-0.4, -0.2) is 32.1 Å². The van der Waals surface area contributed by atoms with Crippen molar-refractivity contribution >= 4 is 27.5 Å². The summed E-state index contributed by atoms with van der Waals surface area (Å²) in [5.41, 5.74) is 1.16. The first-order chi connectivity index (χ1) is 7.13. The summed E-state index contributed by atoms with van der Waals surface area (Å²) in [7, 11) is 4.05. The summed E-state index contributed by atoms with van der Waals surface area (Å²) in [6, 6.07) is 5.95. The molecule has 0 heterocycles. The number of rotatable bonds is 5. The van der Waals surface area contributed by atoms with Crippen LogP contribution in [0.5, 0.6) is 0 Å². The summed E-state index contributed by atoms with van der Waals surface area (Å²) >= 11 is 9.56. The molecule has 1 rings (SSSR count). The number of benzene rings is 1. The highest BCUT2D eigenvalue weighted by atomic mass is 79.9. The van der Waals surface area contributed by atoms with Crippen LogP contribution in [0.4, 0.5) is 0 Å². The summed E-state index contributed by atoms with van der Waals surface area (Å²) in [6.07, 6.45) is 0. The van der Waals surface area contributed by atoms with Gasteiger partial charge in [0, 0.05) is 29.1 Å². The van der Waals surface area contributed by atoms with E-state index in [2.05, 4.69) is 39.3 Å². The molecule has 0 fully saturated rings. The minimum Gasteiger partial charge on any atom is -0.318 e. The lowest BCUT2D eigenvalue weighted by Gasteiger charge is -2.17. The van der Waals surface area contributed by atoms with Gasteiger partial charge < -0.3 is 10.2 Å². The number of hydrogen-bond acceptors (Lipinski definition) is 2. The molecule has 0 radical (unpaired) electrons. The van der Waals surface area contributed by atoms with Crippen molar-refractivity contribution in [2.45, 2.75) is 6.54 Å². The van der Waals surface area contributed by atoms with Gasteiger partial charge in [0.1, 0.15) is 0 Å². The fourth-order valence-corrected chi connectivity index (χ4v) is 1.92. The smallest absolute Gasteiger partial charge is 0.0451 e. The van der Waals surface area contributed by atoms with Crippen LogP contribution in [0.15, 0.2) is 22.7 Å². The number of likely N-dealkylation sites (N-methyl/N-ethyl adjacent to an activating group) is 2. The normalized spacial score (nSPS) is 11.0. The van der Waals surface area contributed by atoms with E-state index in [-0.39, 0.29) is 0 Å². The first-order valence-corrected chi connectivity index (χ1v) is 6.07. The van der Waals surface area contributed by atoms with E-state index in [1.54, 1.807) is 0 Å². The summed E-state index contributed by atoms with van der Waals surface area (Å²) in [6.45, 7) is 2.88. The Kier molecular flexibility index (Phi) is 5.61. The largest absolute Gasteiger partial charge is 0.318 e. The maximum absolute atomic E-state index is 6.11. The molecule has 0 saturated carbocycles. The van der Waals surface area contributed by atoms with E-state index >= 15 is 0 Å². The quantitative estimate of drug-likeness (QED) is 0.897. The predicted octanol–water partition coefficient (Wildman–Crippen LogP) is 2.75. The van der Waals surface area contributed by atoms with Gasteiger partial charge in [-0.1, -0.05) is 27.5 Å². The SMILES string of the molecule is CNCCN(C)Cc1cc(Br)ccc1Cl. The Hall–Kier alpha value is -0.0900. The van der Waals surface area contributed by atoms with E-state index in [1.807, 2.05) is 19.2 Å². The lowest BCUT2D eigenvalue weighted by Crippen LogP contribution is -2.27.